The minimum atomic E-state index is -0.377. The van der Waals surface area contributed by atoms with Gasteiger partial charge in [0.2, 0.25) is 5.16 Å². The van der Waals surface area contributed by atoms with Gasteiger partial charge in [-0.05, 0) is 66.2 Å². The maximum absolute atomic E-state index is 12.2. The summed E-state index contributed by atoms with van der Waals surface area (Å²) in [4.78, 5) is 12.2. The number of nitrogens with one attached hydrogen (secondary N) is 2. The number of aryl methyl sites for hydroxylation is 1. The molecule has 0 spiro atoms. The molecule has 116 valence electrons. The van der Waals surface area contributed by atoms with Gasteiger partial charge in [-0.2, -0.15) is 0 Å². The van der Waals surface area contributed by atoms with E-state index in [1.54, 1.807) is 23.7 Å². The van der Waals surface area contributed by atoms with Crippen LogP contribution in [-0.2, 0) is 0 Å². The van der Waals surface area contributed by atoms with Crippen molar-refractivity contribution in [3.8, 4) is 0 Å². The van der Waals surface area contributed by atoms with Gasteiger partial charge in [0.15, 0.2) is 5.11 Å². The normalized spacial score (nSPS) is 10.4. The summed E-state index contributed by atoms with van der Waals surface area (Å²) in [7, 11) is 0. The summed E-state index contributed by atoms with van der Waals surface area (Å²) in [6.07, 6.45) is 1.87. The quantitative estimate of drug-likeness (QED) is 0.411. The van der Waals surface area contributed by atoms with Crippen LogP contribution in [0.4, 0.5) is 0 Å². The number of aromatic nitrogens is 3. The molecule has 2 N–H and O–H groups in total. The number of hydrogen-bond donors (Lipinski definition) is 2. The number of benzene rings is 1. The molecule has 0 unspecified atom stereocenters. The number of rotatable bonds is 3. The van der Waals surface area contributed by atoms with Gasteiger partial charge in [0, 0.05) is 3.57 Å². The predicted molar refractivity (Wildman–Crippen MR) is 100 cm³/mol. The Morgan fingerprint density at radius 2 is 2.18 bits per heavy atom. The van der Waals surface area contributed by atoms with E-state index in [0.717, 1.165) is 3.57 Å². The molecule has 0 aliphatic heterocycles. The van der Waals surface area contributed by atoms with Gasteiger partial charge in [-0.1, -0.05) is 23.4 Å². The smallest absolute Gasteiger partial charge is 0.258 e. The zero-order chi connectivity index (χ0) is 16.3. The molecule has 1 heterocycles. The van der Waals surface area contributed by atoms with Gasteiger partial charge in [-0.3, -0.25) is 15.5 Å². The van der Waals surface area contributed by atoms with Gasteiger partial charge in [0.1, 0.15) is 5.82 Å². The van der Waals surface area contributed by atoms with E-state index in [0.29, 0.717) is 21.6 Å². The summed E-state index contributed by atoms with van der Waals surface area (Å²) >= 11 is 14.7. The number of nitrogens with zero attached hydrogens (tertiary/aromatic N) is 3. The first-order valence-corrected chi connectivity index (χ1v) is 9.04. The molecule has 0 atom stereocenters. The number of thiocarbonyl (C=S) groups is 1. The monoisotopic (exact) mass is 467 g/mol. The zero-order valence-corrected chi connectivity index (χ0v) is 16.1. The molecule has 2 aromatic rings. The third-order valence-corrected chi connectivity index (χ3v) is 4.41. The molecule has 1 amide bonds. The lowest BCUT2D eigenvalue weighted by molar-refractivity contribution is 0.0977. The molecular formula is C12H11ClIN5OS2. The lowest BCUT2D eigenvalue weighted by Gasteiger charge is -2.13. The average molecular weight is 468 g/mol. The molecule has 0 aliphatic rings. The summed E-state index contributed by atoms with van der Waals surface area (Å²) in [6, 6.07) is 5.18. The van der Waals surface area contributed by atoms with Crippen LogP contribution in [0.15, 0.2) is 23.4 Å². The second kappa shape index (κ2) is 7.57. The molecule has 0 fully saturated rings. The summed E-state index contributed by atoms with van der Waals surface area (Å²) in [5.41, 5.74) is 3.23. The first-order valence-electron chi connectivity index (χ1n) is 5.95. The summed E-state index contributed by atoms with van der Waals surface area (Å²) < 4.78 is 2.51. The zero-order valence-electron chi connectivity index (χ0n) is 11.6. The lowest BCUT2D eigenvalue weighted by Crippen LogP contribution is -2.38. The summed E-state index contributed by atoms with van der Waals surface area (Å²) in [5, 5.41) is 11.6. The Kier molecular flexibility index (Phi) is 6.01. The Hall–Kier alpha value is -0.910. The first kappa shape index (κ1) is 17.4. The number of carbonyl (C=O) groups excluding carboxylic acids is 1. The van der Waals surface area contributed by atoms with E-state index in [1.807, 2.05) is 12.3 Å². The van der Waals surface area contributed by atoms with Gasteiger partial charge in [0.05, 0.1) is 10.6 Å². The average Bonchev–Trinajstić information content (AvgIpc) is 2.82. The second-order valence-electron chi connectivity index (χ2n) is 4.09. The highest BCUT2D eigenvalue weighted by Crippen LogP contribution is 2.18. The van der Waals surface area contributed by atoms with E-state index >= 15 is 0 Å². The molecule has 0 aliphatic carbocycles. The van der Waals surface area contributed by atoms with E-state index < -0.39 is 0 Å². The molecule has 2 rings (SSSR count). The van der Waals surface area contributed by atoms with Crippen LogP contribution in [0, 0.1) is 10.5 Å². The Morgan fingerprint density at radius 3 is 2.86 bits per heavy atom. The molecule has 10 heteroatoms. The number of thioether (sulfide) groups is 1. The van der Waals surface area contributed by atoms with Crippen LogP contribution in [0.1, 0.15) is 16.2 Å². The fourth-order valence-electron chi connectivity index (χ4n) is 1.58. The van der Waals surface area contributed by atoms with Gasteiger partial charge in [0.25, 0.3) is 5.91 Å². The Bertz CT molecular complexity index is 736. The Morgan fingerprint density at radius 1 is 1.45 bits per heavy atom. The molecule has 0 saturated heterocycles. The third kappa shape index (κ3) is 4.09. The lowest BCUT2D eigenvalue weighted by atomic mass is 10.2. The van der Waals surface area contributed by atoms with Crippen molar-refractivity contribution in [1.29, 1.82) is 0 Å². The van der Waals surface area contributed by atoms with Crippen LogP contribution in [0.2, 0.25) is 5.02 Å². The van der Waals surface area contributed by atoms with Crippen LogP contribution in [0.3, 0.4) is 0 Å². The predicted octanol–water partition coefficient (Wildman–Crippen LogP) is 2.82. The number of halogens is 2. The minimum absolute atomic E-state index is 0.137. The van der Waals surface area contributed by atoms with Crippen molar-refractivity contribution in [3.05, 3.63) is 38.2 Å². The van der Waals surface area contributed by atoms with E-state index in [1.165, 1.54) is 11.8 Å². The van der Waals surface area contributed by atoms with Crippen molar-refractivity contribution in [2.75, 3.05) is 11.7 Å². The summed E-state index contributed by atoms with van der Waals surface area (Å²) in [5.74, 6) is 0.255. The fraction of sp³-hybridized carbons (Fsp3) is 0.167. The maximum atomic E-state index is 12.2. The molecule has 22 heavy (non-hydrogen) atoms. The van der Waals surface area contributed by atoms with E-state index in [4.69, 9.17) is 23.8 Å². The van der Waals surface area contributed by atoms with Crippen LogP contribution >= 0.6 is 58.2 Å². The third-order valence-electron chi connectivity index (χ3n) is 2.59. The van der Waals surface area contributed by atoms with Crippen molar-refractivity contribution >= 4 is 69.2 Å². The first-order chi connectivity index (χ1) is 10.4. The van der Waals surface area contributed by atoms with Crippen molar-refractivity contribution < 1.29 is 4.79 Å². The molecule has 0 radical (unpaired) electrons. The highest BCUT2D eigenvalue weighted by molar-refractivity contribution is 14.1. The van der Waals surface area contributed by atoms with Crippen LogP contribution in [-0.4, -0.2) is 32.1 Å². The molecule has 1 aromatic heterocycles. The van der Waals surface area contributed by atoms with Gasteiger partial charge < -0.3 is 0 Å². The SMILES string of the molecule is CSc1nnc(C)n1NC(=S)NC(=O)c1cc(I)ccc1Cl. The molecule has 6 nitrogen and oxygen atoms in total. The van der Waals surface area contributed by atoms with E-state index in [2.05, 4.69) is 43.5 Å². The molecule has 0 saturated carbocycles. The second-order valence-corrected chi connectivity index (χ2v) is 6.92. The number of carbonyl (C=O) groups is 1. The highest BCUT2D eigenvalue weighted by atomic mass is 127. The van der Waals surface area contributed by atoms with E-state index in [9.17, 15) is 4.79 Å². The fourth-order valence-corrected chi connectivity index (χ4v) is 2.94. The number of hydrogen-bond acceptors (Lipinski definition) is 5. The molecular weight excluding hydrogens is 457 g/mol. The summed E-state index contributed by atoms with van der Waals surface area (Å²) in [6.45, 7) is 1.78. The maximum Gasteiger partial charge on any atom is 0.258 e. The minimum Gasteiger partial charge on any atom is -0.298 e. The Balaban J connectivity index is 2.10. The van der Waals surface area contributed by atoms with Crippen molar-refractivity contribution in [3.63, 3.8) is 0 Å². The van der Waals surface area contributed by atoms with Gasteiger partial charge in [-0.25, -0.2) is 4.68 Å². The molecule has 1 aromatic carbocycles. The van der Waals surface area contributed by atoms with Crippen molar-refractivity contribution in [2.24, 2.45) is 0 Å². The van der Waals surface area contributed by atoms with Gasteiger partial charge >= 0.3 is 0 Å². The number of amides is 1. The standard InChI is InChI=1S/C12H11ClIN5OS2/c1-6-16-17-12(22-2)19(6)18-11(21)15-10(20)8-5-7(14)3-4-9(8)13/h3-5H,1-2H3,(H2,15,18,20,21). The van der Waals surface area contributed by atoms with Crippen LogP contribution < -0.4 is 10.7 Å². The van der Waals surface area contributed by atoms with Gasteiger partial charge in [-0.15, -0.1) is 10.2 Å². The van der Waals surface area contributed by atoms with Crippen LogP contribution in [0.25, 0.3) is 0 Å². The largest absolute Gasteiger partial charge is 0.298 e. The van der Waals surface area contributed by atoms with Crippen molar-refractivity contribution in [1.82, 2.24) is 20.2 Å². The Labute approximate surface area is 155 Å². The topological polar surface area (TPSA) is 71.8 Å². The van der Waals surface area contributed by atoms with Crippen molar-refractivity contribution in [2.45, 2.75) is 12.1 Å². The highest BCUT2D eigenvalue weighted by Gasteiger charge is 2.14. The van der Waals surface area contributed by atoms with E-state index in [-0.39, 0.29) is 11.0 Å². The molecule has 0 bridgehead atoms. The van der Waals surface area contributed by atoms with Crippen LogP contribution in [0.5, 0.6) is 0 Å².